The van der Waals surface area contributed by atoms with Crippen LogP contribution < -0.4 is 11.1 Å². The highest BCUT2D eigenvalue weighted by Gasteiger charge is 2.29. The van der Waals surface area contributed by atoms with E-state index in [0.717, 1.165) is 12.1 Å². The Balaban J connectivity index is 2.85. The highest BCUT2D eigenvalue weighted by Crippen LogP contribution is 2.23. The molecule has 0 spiro atoms. The molecule has 3 heteroatoms. The summed E-state index contributed by atoms with van der Waals surface area (Å²) in [4.78, 5) is 12.2. The van der Waals surface area contributed by atoms with Crippen molar-refractivity contribution in [1.29, 1.82) is 0 Å². The van der Waals surface area contributed by atoms with Crippen LogP contribution in [0.25, 0.3) is 0 Å². The molecule has 100 valence electrons. The molecule has 0 heterocycles. The molecule has 0 aliphatic rings. The monoisotopic (exact) mass is 248 g/mol. The average molecular weight is 248 g/mol. The van der Waals surface area contributed by atoms with Crippen LogP contribution in [0.15, 0.2) is 24.3 Å². The van der Waals surface area contributed by atoms with E-state index in [9.17, 15) is 4.79 Å². The molecule has 0 bridgehead atoms. The third-order valence-corrected chi connectivity index (χ3v) is 3.59. The lowest BCUT2D eigenvalue weighted by Crippen LogP contribution is -2.39. The van der Waals surface area contributed by atoms with Gasteiger partial charge in [-0.05, 0) is 37.0 Å². The maximum absolute atomic E-state index is 12.2. The molecule has 1 rings (SSSR count). The van der Waals surface area contributed by atoms with Crippen LogP contribution in [0.4, 0.5) is 5.69 Å². The number of carbonyl (C=O) groups excluding carboxylic acids is 1. The largest absolute Gasteiger partial charge is 0.329 e. The summed E-state index contributed by atoms with van der Waals surface area (Å²) in [5, 5.41) is 2.96. The van der Waals surface area contributed by atoms with Gasteiger partial charge in [0, 0.05) is 12.2 Å². The van der Waals surface area contributed by atoms with Gasteiger partial charge >= 0.3 is 0 Å². The van der Waals surface area contributed by atoms with Crippen molar-refractivity contribution in [1.82, 2.24) is 0 Å². The Hall–Kier alpha value is -1.35. The van der Waals surface area contributed by atoms with E-state index in [1.807, 2.05) is 32.0 Å². The first-order valence-electron chi connectivity index (χ1n) is 6.54. The molecule has 0 aliphatic carbocycles. The molecule has 1 aromatic rings. The summed E-state index contributed by atoms with van der Waals surface area (Å²) in [6, 6.07) is 7.98. The first-order chi connectivity index (χ1) is 8.42. The van der Waals surface area contributed by atoms with Crippen LogP contribution >= 0.6 is 0 Å². The summed E-state index contributed by atoms with van der Waals surface area (Å²) in [5.74, 6) is 0.447. The summed E-state index contributed by atoms with van der Waals surface area (Å²) in [7, 11) is 0. The van der Waals surface area contributed by atoms with E-state index < -0.39 is 5.41 Å². The fourth-order valence-electron chi connectivity index (χ4n) is 1.66. The van der Waals surface area contributed by atoms with Gasteiger partial charge in [0.05, 0.1) is 5.41 Å². The van der Waals surface area contributed by atoms with E-state index in [1.165, 1.54) is 5.56 Å². The molecule has 3 nitrogen and oxygen atoms in total. The van der Waals surface area contributed by atoms with Crippen LogP contribution in [0, 0.1) is 5.41 Å². The first-order valence-corrected chi connectivity index (χ1v) is 6.54. The Bertz CT molecular complexity index is 409. The fraction of sp³-hybridized carbons (Fsp3) is 0.533. The van der Waals surface area contributed by atoms with Crippen molar-refractivity contribution in [2.24, 2.45) is 11.1 Å². The van der Waals surface area contributed by atoms with Crippen LogP contribution in [0.5, 0.6) is 0 Å². The Kier molecular flexibility index (Phi) is 4.91. The lowest BCUT2D eigenvalue weighted by atomic mass is 9.86. The zero-order valence-electron chi connectivity index (χ0n) is 11.8. The molecule has 0 aliphatic heterocycles. The molecule has 0 fully saturated rings. The van der Waals surface area contributed by atoms with Crippen molar-refractivity contribution in [3.8, 4) is 0 Å². The van der Waals surface area contributed by atoms with Crippen LogP contribution in [0.1, 0.15) is 45.6 Å². The maximum Gasteiger partial charge on any atom is 0.231 e. The van der Waals surface area contributed by atoms with Crippen molar-refractivity contribution in [3.05, 3.63) is 29.8 Å². The minimum atomic E-state index is -0.492. The molecule has 0 saturated heterocycles. The molecule has 0 saturated carbocycles. The maximum atomic E-state index is 12.2. The Morgan fingerprint density at radius 3 is 2.61 bits per heavy atom. The highest BCUT2D eigenvalue weighted by atomic mass is 16.2. The third kappa shape index (κ3) is 3.33. The van der Waals surface area contributed by atoms with Gasteiger partial charge in [0.1, 0.15) is 0 Å². The fourth-order valence-corrected chi connectivity index (χ4v) is 1.66. The molecule has 1 aromatic carbocycles. The molecule has 1 amide bonds. The minimum absolute atomic E-state index is 0.00611. The zero-order chi connectivity index (χ0) is 13.8. The van der Waals surface area contributed by atoms with Crippen molar-refractivity contribution >= 4 is 11.6 Å². The molecular weight excluding hydrogens is 224 g/mol. The predicted molar refractivity (Wildman–Crippen MR) is 76.6 cm³/mol. The lowest BCUT2D eigenvalue weighted by Gasteiger charge is -2.25. The number of benzene rings is 1. The van der Waals surface area contributed by atoms with Gasteiger partial charge in [-0.3, -0.25) is 4.79 Å². The second kappa shape index (κ2) is 6.01. The van der Waals surface area contributed by atoms with Gasteiger partial charge in [-0.15, -0.1) is 0 Å². The highest BCUT2D eigenvalue weighted by molar-refractivity contribution is 5.95. The number of hydrogen-bond acceptors (Lipinski definition) is 2. The van der Waals surface area contributed by atoms with Crippen LogP contribution in [-0.4, -0.2) is 12.5 Å². The molecule has 3 N–H and O–H groups in total. The first kappa shape index (κ1) is 14.7. The topological polar surface area (TPSA) is 55.1 Å². The molecule has 0 aromatic heterocycles. The summed E-state index contributed by atoms with van der Waals surface area (Å²) < 4.78 is 0. The number of carbonyl (C=O) groups is 1. The van der Waals surface area contributed by atoms with E-state index in [4.69, 9.17) is 5.73 Å². The number of nitrogens with one attached hydrogen (secondary N) is 1. The van der Waals surface area contributed by atoms with E-state index in [0.29, 0.717) is 12.5 Å². The molecule has 0 radical (unpaired) electrons. The second-order valence-electron chi connectivity index (χ2n) is 5.35. The standard InChI is InChI=1S/C15H24N2O/c1-5-15(4,10-16)14(18)17-13-8-6-7-12(9-13)11(2)3/h6-9,11H,5,10,16H2,1-4H3,(H,17,18). The van der Waals surface area contributed by atoms with Crippen LogP contribution in [0.3, 0.4) is 0 Å². The summed E-state index contributed by atoms with van der Waals surface area (Å²) >= 11 is 0. The van der Waals surface area contributed by atoms with Gasteiger partial charge in [-0.1, -0.05) is 32.9 Å². The minimum Gasteiger partial charge on any atom is -0.329 e. The Labute approximate surface area is 110 Å². The molecule has 18 heavy (non-hydrogen) atoms. The van der Waals surface area contributed by atoms with E-state index in [-0.39, 0.29) is 5.91 Å². The zero-order valence-corrected chi connectivity index (χ0v) is 11.8. The Morgan fingerprint density at radius 1 is 1.44 bits per heavy atom. The van der Waals surface area contributed by atoms with Gasteiger partial charge in [0.25, 0.3) is 0 Å². The van der Waals surface area contributed by atoms with Crippen LogP contribution in [-0.2, 0) is 4.79 Å². The molecule has 1 atom stereocenters. The summed E-state index contributed by atoms with van der Waals surface area (Å²) in [6.07, 6.45) is 0.735. The lowest BCUT2D eigenvalue weighted by molar-refractivity contribution is -0.124. The van der Waals surface area contributed by atoms with Crippen molar-refractivity contribution in [2.75, 3.05) is 11.9 Å². The number of anilines is 1. The average Bonchev–Trinajstić information content (AvgIpc) is 2.38. The van der Waals surface area contributed by atoms with Gasteiger partial charge in [-0.25, -0.2) is 0 Å². The number of rotatable bonds is 5. The third-order valence-electron chi connectivity index (χ3n) is 3.59. The second-order valence-corrected chi connectivity index (χ2v) is 5.35. The van der Waals surface area contributed by atoms with Crippen molar-refractivity contribution < 1.29 is 4.79 Å². The quantitative estimate of drug-likeness (QED) is 0.841. The SMILES string of the molecule is CCC(C)(CN)C(=O)Nc1cccc(C(C)C)c1. The van der Waals surface area contributed by atoms with Gasteiger partial charge in [0.2, 0.25) is 5.91 Å². The summed E-state index contributed by atoms with van der Waals surface area (Å²) in [6.45, 7) is 8.51. The van der Waals surface area contributed by atoms with E-state index in [1.54, 1.807) is 0 Å². The predicted octanol–water partition coefficient (Wildman–Crippen LogP) is 3.12. The number of hydrogen-bond donors (Lipinski definition) is 2. The number of amides is 1. The van der Waals surface area contributed by atoms with E-state index in [2.05, 4.69) is 25.2 Å². The summed E-state index contributed by atoms with van der Waals surface area (Å²) in [5.41, 5.74) is 7.26. The van der Waals surface area contributed by atoms with Gasteiger partial charge in [0.15, 0.2) is 0 Å². The van der Waals surface area contributed by atoms with Crippen LogP contribution in [0.2, 0.25) is 0 Å². The molecule has 1 unspecified atom stereocenters. The molecular formula is C15H24N2O. The normalized spacial score (nSPS) is 14.3. The van der Waals surface area contributed by atoms with Gasteiger partial charge in [-0.2, -0.15) is 0 Å². The van der Waals surface area contributed by atoms with E-state index >= 15 is 0 Å². The van der Waals surface area contributed by atoms with Gasteiger partial charge < -0.3 is 11.1 Å². The Morgan fingerprint density at radius 2 is 2.11 bits per heavy atom. The van der Waals surface area contributed by atoms with Crippen molar-refractivity contribution in [2.45, 2.75) is 40.0 Å². The smallest absolute Gasteiger partial charge is 0.231 e. The van der Waals surface area contributed by atoms with Crippen molar-refractivity contribution in [3.63, 3.8) is 0 Å². The number of nitrogens with two attached hydrogens (primary N) is 1.